The molecule has 0 aromatic heterocycles. The minimum atomic E-state index is -1.17. The first-order valence-corrected chi connectivity index (χ1v) is 7.73. The zero-order valence-electron chi connectivity index (χ0n) is 12.5. The van der Waals surface area contributed by atoms with Gasteiger partial charge in [-0.1, -0.05) is 57.2 Å². The Morgan fingerprint density at radius 3 is 2.43 bits per heavy atom. The average Bonchev–Trinajstić information content (AvgIpc) is 2.48. The molecule has 114 valence electrons. The molecule has 0 aliphatic carbocycles. The van der Waals surface area contributed by atoms with Crippen LogP contribution in [0.3, 0.4) is 0 Å². The molecule has 0 atom stereocenters. The molecule has 2 aromatic rings. The Labute approximate surface area is 124 Å². The van der Waals surface area contributed by atoms with Gasteiger partial charge in [0.1, 0.15) is 0 Å². The van der Waals surface area contributed by atoms with Crippen molar-refractivity contribution >= 4 is 10.8 Å². The fourth-order valence-electron chi connectivity index (χ4n) is 2.64. The highest BCUT2D eigenvalue weighted by atomic mass is 19.2. The molecule has 1 N–H and O–H groups in total. The van der Waals surface area contributed by atoms with Gasteiger partial charge in [0.25, 0.3) is 0 Å². The van der Waals surface area contributed by atoms with E-state index in [1.54, 1.807) is 6.07 Å². The van der Waals surface area contributed by atoms with Crippen LogP contribution in [0.15, 0.2) is 24.3 Å². The number of aryl methyl sites for hydroxylation is 1. The summed E-state index contributed by atoms with van der Waals surface area (Å²) in [4.78, 5) is 0. The van der Waals surface area contributed by atoms with E-state index in [1.165, 1.54) is 32.1 Å². The van der Waals surface area contributed by atoms with E-state index in [9.17, 15) is 13.9 Å². The molecule has 2 rings (SSSR count). The van der Waals surface area contributed by atoms with Gasteiger partial charge in [0, 0.05) is 5.39 Å². The molecule has 2 aromatic carbocycles. The van der Waals surface area contributed by atoms with Crippen molar-refractivity contribution in [2.45, 2.75) is 51.9 Å². The van der Waals surface area contributed by atoms with E-state index in [1.807, 2.05) is 12.1 Å². The van der Waals surface area contributed by atoms with Crippen LogP contribution in [0.1, 0.15) is 51.0 Å². The third-order valence-corrected chi connectivity index (χ3v) is 3.89. The average molecular weight is 292 g/mol. The maximum absolute atomic E-state index is 13.3. The quantitative estimate of drug-likeness (QED) is 0.646. The van der Waals surface area contributed by atoms with Crippen LogP contribution < -0.4 is 0 Å². The third-order valence-electron chi connectivity index (χ3n) is 3.89. The number of hydrogen-bond donors (Lipinski definition) is 1. The number of phenols is 1. The van der Waals surface area contributed by atoms with E-state index in [2.05, 4.69) is 6.92 Å². The van der Waals surface area contributed by atoms with E-state index in [4.69, 9.17) is 0 Å². The van der Waals surface area contributed by atoms with Crippen LogP contribution in [0.5, 0.6) is 5.75 Å². The van der Waals surface area contributed by atoms with Gasteiger partial charge in [-0.3, -0.25) is 0 Å². The predicted octanol–water partition coefficient (Wildman–Crippen LogP) is 5.73. The summed E-state index contributed by atoms with van der Waals surface area (Å²) in [5.74, 6) is -2.78. The van der Waals surface area contributed by atoms with Crippen LogP contribution in [0.2, 0.25) is 0 Å². The third kappa shape index (κ3) is 3.93. The first-order valence-electron chi connectivity index (χ1n) is 7.73. The monoisotopic (exact) mass is 292 g/mol. The van der Waals surface area contributed by atoms with Crippen LogP contribution in [0, 0.1) is 11.6 Å². The van der Waals surface area contributed by atoms with Crippen LogP contribution in [0.4, 0.5) is 8.78 Å². The van der Waals surface area contributed by atoms with Gasteiger partial charge in [0.2, 0.25) is 5.82 Å². The first kappa shape index (κ1) is 15.7. The van der Waals surface area contributed by atoms with Crippen molar-refractivity contribution < 1.29 is 13.9 Å². The van der Waals surface area contributed by atoms with E-state index in [0.717, 1.165) is 24.5 Å². The Balaban J connectivity index is 2.01. The van der Waals surface area contributed by atoms with Crippen molar-refractivity contribution in [3.05, 3.63) is 41.5 Å². The Kier molecular flexibility index (Phi) is 5.54. The molecular formula is C18H22F2O. The molecule has 0 aliphatic heterocycles. The van der Waals surface area contributed by atoms with Crippen molar-refractivity contribution in [1.29, 1.82) is 0 Å². The van der Waals surface area contributed by atoms with Crippen molar-refractivity contribution in [2.24, 2.45) is 0 Å². The van der Waals surface area contributed by atoms with Gasteiger partial charge < -0.3 is 5.11 Å². The molecule has 0 spiro atoms. The summed E-state index contributed by atoms with van der Waals surface area (Å²) in [6.07, 6.45) is 8.30. The minimum absolute atomic E-state index is 0.362. The molecule has 21 heavy (non-hydrogen) atoms. The predicted molar refractivity (Wildman–Crippen MR) is 82.6 cm³/mol. The Bertz CT molecular complexity index is 608. The maximum Gasteiger partial charge on any atom is 0.201 e. The lowest BCUT2D eigenvalue weighted by Crippen LogP contribution is -1.90. The van der Waals surface area contributed by atoms with Gasteiger partial charge in [0.15, 0.2) is 11.6 Å². The summed E-state index contributed by atoms with van der Waals surface area (Å²) < 4.78 is 26.6. The second-order valence-corrected chi connectivity index (χ2v) is 5.59. The molecular weight excluding hydrogens is 270 g/mol. The van der Waals surface area contributed by atoms with Crippen LogP contribution in [-0.2, 0) is 6.42 Å². The smallest absolute Gasteiger partial charge is 0.201 e. The second kappa shape index (κ2) is 7.39. The number of rotatable bonds is 7. The van der Waals surface area contributed by atoms with E-state index in [-0.39, 0.29) is 0 Å². The standard InChI is InChI=1S/C18H22F2O/c1-2-3-4-5-6-7-8-13-9-10-15-14(11-13)12-16(19)17(20)18(15)21/h9-12,21H,2-8H2,1H3. The van der Waals surface area contributed by atoms with Gasteiger partial charge in [0.05, 0.1) is 0 Å². The zero-order chi connectivity index (χ0) is 15.2. The highest BCUT2D eigenvalue weighted by Crippen LogP contribution is 2.30. The molecule has 0 bridgehead atoms. The van der Waals surface area contributed by atoms with Gasteiger partial charge in [-0.2, -0.15) is 4.39 Å². The van der Waals surface area contributed by atoms with Gasteiger partial charge in [-0.15, -0.1) is 0 Å². The molecule has 0 heterocycles. The molecule has 3 heteroatoms. The summed E-state index contributed by atoms with van der Waals surface area (Å²) in [7, 11) is 0. The van der Waals surface area contributed by atoms with Crippen molar-refractivity contribution in [2.75, 3.05) is 0 Å². The molecule has 0 amide bonds. The Hall–Kier alpha value is -1.64. The number of unbranched alkanes of at least 4 members (excludes halogenated alkanes) is 5. The number of benzene rings is 2. The lowest BCUT2D eigenvalue weighted by molar-refractivity contribution is 0.413. The minimum Gasteiger partial charge on any atom is -0.504 e. The lowest BCUT2D eigenvalue weighted by Gasteiger charge is -2.07. The Morgan fingerprint density at radius 2 is 1.67 bits per heavy atom. The molecule has 0 fully saturated rings. The molecule has 0 aliphatic rings. The van der Waals surface area contributed by atoms with Gasteiger partial charge >= 0.3 is 0 Å². The lowest BCUT2D eigenvalue weighted by atomic mass is 10.0. The largest absolute Gasteiger partial charge is 0.504 e. The maximum atomic E-state index is 13.3. The highest BCUT2D eigenvalue weighted by Gasteiger charge is 2.12. The van der Waals surface area contributed by atoms with E-state index >= 15 is 0 Å². The molecule has 0 radical (unpaired) electrons. The number of hydrogen-bond acceptors (Lipinski definition) is 1. The summed E-state index contributed by atoms with van der Waals surface area (Å²) in [5, 5.41) is 10.5. The van der Waals surface area contributed by atoms with Crippen molar-refractivity contribution in [3.63, 3.8) is 0 Å². The molecule has 1 nitrogen and oxygen atoms in total. The fraction of sp³-hybridized carbons (Fsp3) is 0.444. The van der Waals surface area contributed by atoms with Crippen LogP contribution in [0.25, 0.3) is 10.8 Å². The highest BCUT2D eigenvalue weighted by molar-refractivity contribution is 5.88. The molecule has 0 unspecified atom stereocenters. The van der Waals surface area contributed by atoms with E-state index < -0.39 is 17.4 Å². The molecule has 0 saturated heterocycles. The van der Waals surface area contributed by atoms with Crippen molar-refractivity contribution in [3.8, 4) is 5.75 Å². The summed E-state index contributed by atoms with van der Waals surface area (Å²) in [6.45, 7) is 2.20. The normalized spacial score (nSPS) is 11.2. The van der Waals surface area contributed by atoms with Gasteiger partial charge in [-0.05, 0) is 29.9 Å². The number of aromatic hydroxyl groups is 1. The summed E-state index contributed by atoms with van der Waals surface area (Å²) in [5.41, 5.74) is 1.10. The number of fused-ring (bicyclic) bond motifs is 1. The topological polar surface area (TPSA) is 20.2 Å². The Morgan fingerprint density at radius 1 is 0.952 bits per heavy atom. The van der Waals surface area contributed by atoms with Crippen molar-refractivity contribution in [1.82, 2.24) is 0 Å². The second-order valence-electron chi connectivity index (χ2n) is 5.59. The number of phenolic OH excluding ortho intramolecular Hbond substituents is 1. The zero-order valence-corrected chi connectivity index (χ0v) is 12.5. The van der Waals surface area contributed by atoms with E-state index in [0.29, 0.717) is 10.8 Å². The van der Waals surface area contributed by atoms with Gasteiger partial charge in [-0.25, -0.2) is 4.39 Å². The summed E-state index contributed by atoms with van der Waals surface area (Å²) in [6, 6.07) is 6.53. The summed E-state index contributed by atoms with van der Waals surface area (Å²) >= 11 is 0. The van der Waals surface area contributed by atoms with Crippen LogP contribution >= 0.6 is 0 Å². The first-order chi connectivity index (χ1) is 10.1. The fourth-order valence-corrected chi connectivity index (χ4v) is 2.64. The van der Waals surface area contributed by atoms with Crippen LogP contribution in [-0.4, -0.2) is 5.11 Å². The SMILES string of the molecule is CCCCCCCCc1ccc2c(O)c(F)c(F)cc2c1. The number of halogens is 2. The molecule has 0 saturated carbocycles.